The Hall–Kier alpha value is -1.12. The van der Waals surface area contributed by atoms with E-state index < -0.39 is 10.0 Å². The molecule has 2 heterocycles. The number of rotatable bonds is 4. The first-order chi connectivity index (χ1) is 8.85. The molecule has 0 aliphatic carbocycles. The highest BCUT2D eigenvalue weighted by molar-refractivity contribution is 9.10. The molecule has 0 saturated carbocycles. The van der Waals surface area contributed by atoms with Crippen molar-refractivity contribution in [1.29, 1.82) is 0 Å². The van der Waals surface area contributed by atoms with Crippen LogP contribution < -0.4 is 4.72 Å². The largest absolute Gasteiger partial charge is 0.361 e. The summed E-state index contributed by atoms with van der Waals surface area (Å²) in [5.74, 6) is 0.250. The zero-order chi connectivity index (χ0) is 14.0. The van der Waals surface area contributed by atoms with Crippen LogP contribution in [0.15, 0.2) is 27.3 Å². The van der Waals surface area contributed by atoms with Crippen LogP contribution >= 0.6 is 27.5 Å². The van der Waals surface area contributed by atoms with Crippen molar-refractivity contribution >= 4 is 43.2 Å². The Labute approximate surface area is 123 Å². The van der Waals surface area contributed by atoms with Gasteiger partial charge < -0.3 is 4.52 Å². The minimum Gasteiger partial charge on any atom is -0.361 e. The normalized spacial score (nSPS) is 11.5. The monoisotopic (exact) mass is 365 g/mol. The van der Waals surface area contributed by atoms with Gasteiger partial charge in [-0.2, -0.15) is 0 Å². The van der Waals surface area contributed by atoms with Crippen LogP contribution in [-0.4, -0.2) is 18.6 Å². The third kappa shape index (κ3) is 3.92. The molecule has 0 radical (unpaired) electrons. The summed E-state index contributed by atoms with van der Waals surface area (Å²) in [5.41, 5.74) is 0.528. The highest BCUT2D eigenvalue weighted by atomic mass is 79.9. The first-order valence-electron chi connectivity index (χ1n) is 5.09. The number of hydrogen-bond acceptors (Lipinski definition) is 5. The average molecular weight is 367 g/mol. The second kappa shape index (κ2) is 5.48. The Morgan fingerprint density at radius 2 is 2.21 bits per heavy atom. The molecule has 1 N–H and O–H groups in total. The number of sulfonamides is 1. The van der Waals surface area contributed by atoms with Gasteiger partial charge in [0.05, 0.1) is 5.69 Å². The van der Waals surface area contributed by atoms with Crippen LogP contribution in [0.1, 0.15) is 11.5 Å². The fraction of sp³-hybridized carbons (Fsp3) is 0.200. The second-order valence-corrected chi connectivity index (χ2v) is 6.78. The highest BCUT2D eigenvalue weighted by Gasteiger charge is 2.16. The van der Waals surface area contributed by atoms with Gasteiger partial charge in [-0.15, -0.1) is 0 Å². The van der Waals surface area contributed by atoms with Gasteiger partial charge in [-0.05, 0) is 28.9 Å². The van der Waals surface area contributed by atoms with E-state index in [2.05, 4.69) is 30.8 Å². The van der Waals surface area contributed by atoms with Crippen LogP contribution in [0, 0.1) is 6.92 Å². The minimum absolute atomic E-state index is 0.0723. The highest BCUT2D eigenvalue weighted by Crippen LogP contribution is 2.24. The predicted octanol–water partition coefficient (Wildman–Crippen LogP) is 2.74. The number of nitrogens with zero attached hydrogens (tertiary/aromatic N) is 2. The first-order valence-corrected chi connectivity index (χ1v) is 7.92. The van der Waals surface area contributed by atoms with E-state index in [4.69, 9.17) is 16.1 Å². The molecular weight excluding hydrogens is 358 g/mol. The Morgan fingerprint density at radius 1 is 1.47 bits per heavy atom. The Kier molecular flexibility index (Phi) is 4.12. The van der Waals surface area contributed by atoms with E-state index in [1.165, 1.54) is 12.3 Å². The topological polar surface area (TPSA) is 85.1 Å². The van der Waals surface area contributed by atoms with E-state index >= 15 is 0 Å². The van der Waals surface area contributed by atoms with Crippen LogP contribution in [-0.2, 0) is 15.8 Å². The first kappa shape index (κ1) is 14.3. The second-order valence-electron chi connectivity index (χ2n) is 3.78. The SMILES string of the molecule is Cc1cc(CS(=O)(=O)Nc2cc(Br)cnc2Cl)no1. The molecule has 2 aromatic rings. The van der Waals surface area contributed by atoms with E-state index in [-0.39, 0.29) is 16.6 Å². The lowest BCUT2D eigenvalue weighted by Crippen LogP contribution is -2.15. The van der Waals surface area contributed by atoms with Crippen molar-refractivity contribution in [2.75, 3.05) is 4.72 Å². The fourth-order valence-electron chi connectivity index (χ4n) is 1.38. The number of anilines is 1. The zero-order valence-corrected chi connectivity index (χ0v) is 12.9. The van der Waals surface area contributed by atoms with Gasteiger partial charge in [0, 0.05) is 16.7 Å². The van der Waals surface area contributed by atoms with Gasteiger partial charge in [0.2, 0.25) is 10.0 Å². The van der Waals surface area contributed by atoms with Gasteiger partial charge in [0.15, 0.2) is 5.15 Å². The van der Waals surface area contributed by atoms with E-state index in [1.807, 2.05) is 0 Å². The molecule has 2 rings (SSSR count). The maximum atomic E-state index is 11.9. The van der Waals surface area contributed by atoms with E-state index in [0.29, 0.717) is 15.9 Å². The predicted molar refractivity (Wildman–Crippen MR) is 74.4 cm³/mol. The summed E-state index contributed by atoms with van der Waals surface area (Å²) in [6, 6.07) is 3.08. The van der Waals surface area contributed by atoms with Crippen LogP contribution in [0.5, 0.6) is 0 Å². The molecule has 0 saturated heterocycles. The van der Waals surface area contributed by atoms with Crippen LogP contribution in [0.25, 0.3) is 0 Å². The summed E-state index contributed by atoms with van der Waals surface area (Å²) in [5, 5.41) is 3.70. The third-order valence-electron chi connectivity index (χ3n) is 2.09. The van der Waals surface area contributed by atoms with Gasteiger partial charge in [-0.25, -0.2) is 13.4 Å². The molecule has 6 nitrogen and oxygen atoms in total. The standard InChI is InChI=1S/C10H9BrClN3O3S/c1-6-2-8(14-18-6)5-19(16,17)15-9-3-7(11)4-13-10(9)12/h2-4,15H,5H2,1H3. The Morgan fingerprint density at radius 3 is 2.84 bits per heavy atom. The van der Waals surface area contributed by atoms with Gasteiger partial charge >= 0.3 is 0 Å². The molecule has 0 bridgehead atoms. The lowest BCUT2D eigenvalue weighted by atomic mass is 10.4. The van der Waals surface area contributed by atoms with Crippen molar-refractivity contribution < 1.29 is 12.9 Å². The lowest BCUT2D eigenvalue weighted by Gasteiger charge is -2.08. The number of pyridine rings is 1. The van der Waals surface area contributed by atoms with Crippen LogP contribution in [0.4, 0.5) is 5.69 Å². The quantitative estimate of drug-likeness (QED) is 0.841. The van der Waals surface area contributed by atoms with Crippen molar-refractivity contribution in [3.05, 3.63) is 39.4 Å². The molecule has 102 valence electrons. The minimum atomic E-state index is -3.63. The van der Waals surface area contributed by atoms with Gasteiger partial charge in [0.25, 0.3) is 0 Å². The Bertz CT molecular complexity index is 702. The summed E-state index contributed by atoms with van der Waals surface area (Å²) in [4.78, 5) is 3.83. The maximum Gasteiger partial charge on any atom is 0.238 e. The number of aryl methyl sites for hydroxylation is 1. The molecule has 0 spiro atoms. The van der Waals surface area contributed by atoms with E-state index in [0.717, 1.165) is 0 Å². The smallest absolute Gasteiger partial charge is 0.238 e. The molecule has 0 aliphatic rings. The molecule has 0 amide bonds. The van der Waals surface area contributed by atoms with Crippen LogP contribution in [0.2, 0.25) is 5.15 Å². The molecule has 0 aromatic carbocycles. The van der Waals surface area contributed by atoms with Gasteiger partial charge in [0.1, 0.15) is 17.2 Å². The van der Waals surface area contributed by atoms with Crippen molar-refractivity contribution in [2.45, 2.75) is 12.7 Å². The summed E-state index contributed by atoms with van der Waals surface area (Å²) < 4.78 is 31.7. The molecule has 0 atom stereocenters. The Balaban J connectivity index is 2.19. The maximum absolute atomic E-state index is 11.9. The molecule has 0 aliphatic heterocycles. The van der Waals surface area contributed by atoms with Crippen molar-refractivity contribution in [3.8, 4) is 0 Å². The molecular formula is C10H9BrClN3O3S. The molecule has 9 heteroatoms. The fourth-order valence-corrected chi connectivity index (χ4v) is 3.00. The average Bonchev–Trinajstić information content (AvgIpc) is 2.68. The lowest BCUT2D eigenvalue weighted by molar-refractivity contribution is 0.392. The number of nitrogens with one attached hydrogen (secondary N) is 1. The summed E-state index contributed by atoms with van der Waals surface area (Å²) >= 11 is 9.01. The van der Waals surface area contributed by atoms with E-state index in [9.17, 15) is 8.42 Å². The van der Waals surface area contributed by atoms with Gasteiger partial charge in [-0.1, -0.05) is 16.8 Å². The van der Waals surface area contributed by atoms with E-state index in [1.54, 1.807) is 13.0 Å². The summed E-state index contributed by atoms with van der Waals surface area (Å²) in [6.45, 7) is 1.69. The van der Waals surface area contributed by atoms with Crippen LogP contribution in [0.3, 0.4) is 0 Å². The third-order valence-corrected chi connectivity index (χ3v) is 4.03. The molecule has 0 unspecified atom stereocenters. The molecule has 0 fully saturated rings. The van der Waals surface area contributed by atoms with Crippen molar-refractivity contribution in [2.24, 2.45) is 0 Å². The zero-order valence-electron chi connectivity index (χ0n) is 9.72. The number of hydrogen-bond donors (Lipinski definition) is 1. The van der Waals surface area contributed by atoms with Crippen molar-refractivity contribution in [1.82, 2.24) is 10.1 Å². The molecule has 19 heavy (non-hydrogen) atoms. The summed E-state index contributed by atoms with van der Waals surface area (Å²) in [6.07, 6.45) is 1.47. The number of aromatic nitrogens is 2. The van der Waals surface area contributed by atoms with Gasteiger partial charge in [-0.3, -0.25) is 4.72 Å². The van der Waals surface area contributed by atoms with Crippen molar-refractivity contribution in [3.63, 3.8) is 0 Å². The summed E-state index contributed by atoms with van der Waals surface area (Å²) in [7, 11) is -3.63. The molecule has 2 aromatic heterocycles. The number of halogens is 2.